The zero-order valence-electron chi connectivity index (χ0n) is 17.3. The highest BCUT2D eigenvalue weighted by Crippen LogP contribution is 2.32. The van der Waals surface area contributed by atoms with E-state index < -0.39 is 4.92 Å². The molecule has 5 aromatic rings. The van der Waals surface area contributed by atoms with Gasteiger partial charge in [-0.3, -0.25) is 19.7 Å². The summed E-state index contributed by atoms with van der Waals surface area (Å²) in [6, 6.07) is 24.6. The number of hydrogen-bond acceptors (Lipinski definition) is 4. The summed E-state index contributed by atoms with van der Waals surface area (Å²) in [5.41, 5.74) is 4.85. The van der Waals surface area contributed by atoms with Crippen LogP contribution in [-0.2, 0) is 6.42 Å². The summed E-state index contributed by atoms with van der Waals surface area (Å²) in [6.45, 7) is 0. The van der Waals surface area contributed by atoms with Crippen LogP contribution in [0.15, 0.2) is 89.7 Å². The van der Waals surface area contributed by atoms with Crippen LogP contribution in [0.2, 0.25) is 0 Å². The molecule has 6 rings (SSSR count). The summed E-state index contributed by atoms with van der Waals surface area (Å²) in [5.74, 6) is -0.0652. The molecule has 0 unspecified atom stereocenters. The van der Waals surface area contributed by atoms with Crippen molar-refractivity contribution in [3.63, 3.8) is 0 Å². The lowest BCUT2D eigenvalue weighted by atomic mass is 9.84. The largest absolute Gasteiger partial charge is 0.309 e. The Morgan fingerprint density at radius 3 is 2.24 bits per heavy atom. The molecule has 0 N–H and O–H groups in total. The monoisotopic (exact) mass is 432 g/mol. The van der Waals surface area contributed by atoms with Crippen LogP contribution in [0.3, 0.4) is 0 Å². The number of pyridine rings is 1. The molecular weight excluding hydrogens is 416 g/mol. The van der Waals surface area contributed by atoms with Gasteiger partial charge in [0.1, 0.15) is 0 Å². The van der Waals surface area contributed by atoms with E-state index in [1.807, 2.05) is 53.1 Å². The zero-order valence-corrected chi connectivity index (χ0v) is 17.3. The Kier molecular flexibility index (Phi) is 4.04. The summed E-state index contributed by atoms with van der Waals surface area (Å²) in [4.78, 5) is 37.4. The number of hydrogen-bond donors (Lipinski definition) is 0. The molecule has 6 nitrogen and oxygen atoms in total. The van der Waals surface area contributed by atoms with Crippen molar-refractivity contribution in [3.8, 4) is 5.69 Å². The number of nitro benzene ring substituents is 1. The van der Waals surface area contributed by atoms with Crippen LogP contribution in [-0.4, -0.2) is 15.3 Å². The molecule has 0 saturated carbocycles. The molecule has 0 saturated heterocycles. The number of carbonyl (C=O) groups excluding carboxylic acids is 1. The Labute approximate surface area is 187 Å². The number of carbonyl (C=O) groups is 1. The van der Waals surface area contributed by atoms with Crippen molar-refractivity contribution in [1.29, 1.82) is 0 Å². The number of nitrogens with zero attached hydrogens (tertiary/aromatic N) is 2. The first-order valence-electron chi connectivity index (χ1n) is 10.5. The second kappa shape index (κ2) is 6.97. The third-order valence-corrected chi connectivity index (χ3v) is 6.30. The van der Waals surface area contributed by atoms with Gasteiger partial charge in [-0.05, 0) is 53.9 Å². The Morgan fingerprint density at radius 2 is 1.45 bits per heavy atom. The maximum atomic E-state index is 13.4. The molecule has 1 aromatic heterocycles. The maximum absolute atomic E-state index is 13.4. The van der Waals surface area contributed by atoms with E-state index in [1.165, 1.54) is 12.1 Å². The van der Waals surface area contributed by atoms with Crippen molar-refractivity contribution in [2.75, 3.05) is 0 Å². The molecule has 6 heteroatoms. The van der Waals surface area contributed by atoms with Crippen molar-refractivity contribution >= 4 is 33.3 Å². The Bertz CT molecular complexity index is 1700. The molecule has 1 aliphatic carbocycles. The van der Waals surface area contributed by atoms with Crippen LogP contribution >= 0.6 is 0 Å². The average molecular weight is 432 g/mol. The third kappa shape index (κ3) is 2.81. The Balaban J connectivity index is 1.71. The smallest absolute Gasteiger partial charge is 0.269 e. The molecule has 0 amide bonds. The SMILES string of the molecule is O=C1c2ccccc2Cc2cc3c(=O)c4ccccc4n(-c4ccc([N+](=O)[O-])cc4)c3cc21. The first-order chi connectivity index (χ1) is 16.0. The molecule has 4 aromatic carbocycles. The van der Waals surface area contributed by atoms with Gasteiger partial charge < -0.3 is 4.57 Å². The average Bonchev–Trinajstić information content (AvgIpc) is 2.84. The van der Waals surface area contributed by atoms with Gasteiger partial charge in [0.2, 0.25) is 0 Å². The number of nitro groups is 1. The van der Waals surface area contributed by atoms with Crippen LogP contribution in [0.1, 0.15) is 27.0 Å². The van der Waals surface area contributed by atoms with Crippen molar-refractivity contribution in [1.82, 2.24) is 4.57 Å². The highest BCUT2D eigenvalue weighted by Gasteiger charge is 2.25. The zero-order chi connectivity index (χ0) is 22.7. The predicted molar refractivity (Wildman–Crippen MR) is 126 cm³/mol. The van der Waals surface area contributed by atoms with Gasteiger partial charge in [0, 0.05) is 39.7 Å². The standard InChI is InChI=1S/C27H16N2O4/c30-26-20-6-2-1-5-16(20)13-17-14-23-25(15-22(17)26)28(18-9-11-19(12-10-18)29(32)33)24-8-4-3-7-21(24)27(23)31/h1-12,14-15H,13H2. The van der Waals surface area contributed by atoms with Gasteiger partial charge in [0.25, 0.3) is 5.69 Å². The second-order valence-corrected chi connectivity index (χ2v) is 8.14. The van der Waals surface area contributed by atoms with Crippen molar-refractivity contribution < 1.29 is 9.72 Å². The van der Waals surface area contributed by atoms with E-state index >= 15 is 0 Å². The summed E-state index contributed by atoms with van der Waals surface area (Å²) in [7, 11) is 0. The molecular formula is C27H16N2O4. The lowest BCUT2D eigenvalue weighted by molar-refractivity contribution is -0.384. The van der Waals surface area contributed by atoms with Crippen LogP contribution < -0.4 is 5.43 Å². The summed E-state index contributed by atoms with van der Waals surface area (Å²) >= 11 is 0. The molecule has 0 spiro atoms. The molecule has 0 bridgehead atoms. The van der Waals surface area contributed by atoms with E-state index in [0.29, 0.717) is 45.0 Å². The lowest BCUT2D eigenvalue weighted by Gasteiger charge is -2.21. The van der Waals surface area contributed by atoms with Crippen LogP contribution in [0.25, 0.3) is 27.5 Å². The van der Waals surface area contributed by atoms with E-state index in [4.69, 9.17) is 0 Å². The first-order valence-corrected chi connectivity index (χ1v) is 10.5. The number of para-hydroxylation sites is 1. The minimum atomic E-state index is -0.447. The van der Waals surface area contributed by atoms with E-state index in [1.54, 1.807) is 24.3 Å². The fourth-order valence-electron chi connectivity index (χ4n) is 4.74. The van der Waals surface area contributed by atoms with Crippen LogP contribution in [0.4, 0.5) is 5.69 Å². The van der Waals surface area contributed by atoms with Gasteiger partial charge in [-0.15, -0.1) is 0 Å². The normalized spacial score (nSPS) is 12.5. The molecule has 1 heterocycles. The van der Waals surface area contributed by atoms with E-state index in [2.05, 4.69) is 0 Å². The molecule has 0 atom stereocenters. The number of non-ortho nitro benzene ring substituents is 1. The molecule has 0 aliphatic heterocycles. The number of rotatable bonds is 2. The molecule has 0 radical (unpaired) electrons. The van der Waals surface area contributed by atoms with Gasteiger partial charge >= 0.3 is 0 Å². The van der Waals surface area contributed by atoms with Gasteiger partial charge in [0.15, 0.2) is 11.2 Å². The fraction of sp³-hybridized carbons (Fsp3) is 0.0370. The van der Waals surface area contributed by atoms with E-state index in [9.17, 15) is 19.7 Å². The topological polar surface area (TPSA) is 82.2 Å². The number of fused-ring (bicyclic) bond motifs is 4. The van der Waals surface area contributed by atoms with Crippen molar-refractivity contribution in [3.05, 3.63) is 128 Å². The number of benzene rings is 4. The summed E-state index contributed by atoms with van der Waals surface area (Å²) < 4.78 is 1.89. The quantitative estimate of drug-likeness (QED) is 0.214. The predicted octanol–water partition coefficient (Wildman–Crippen LogP) is 5.19. The first kappa shape index (κ1) is 19.1. The molecule has 158 valence electrons. The summed E-state index contributed by atoms with van der Waals surface area (Å²) in [5, 5.41) is 12.2. The van der Waals surface area contributed by atoms with E-state index in [0.717, 1.165) is 11.1 Å². The van der Waals surface area contributed by atoms with Gasteiger partial charge in [0.05, 0.1) is 16.0 Å². The Hall–Kier alpha value is -4.58. The Morgan fingerprint density at radius 1 is 0.727 bits per heavy atom. The highest BCUT2D eigenvalue weighted by molar-refractivity contribution is 6.14. The third-order valence-electron chi connectivity index (χ3n) is 6.30. The van der Waals surface area contributed by atoms with Gasteiger partial charge in [-0.2, -0.15) is 0 Å². The fourth-order valence-corrected chi connectivity index (χ4v) is 4.74. The molecule has 1 aliphatic rings. The van der Waals surface area contributed by atoms with Gasteiger partial charge in [-0.25, -0.2) is 0 Å². The number of ketones is 1. The maximum Gasteiger partial charge on any atom is 0.269 e. The minimum Gasteiger partial charge on any atom is -0.309 e. The lowest BCUT2D eigenvalue weighted by Crippen LogP contribution is -2.17. The number of aromatic nitrogens is 1. The van der Waals surface area contributed by atoms with Crippen LogP contribution in [0, 0.1) is 10.1 Å². The van der Waals surface area contributed by atoms with E-state index in [-0.39, 0.29) is 16.9 Å². The van der Waals surface area contributed by atoms with Crippen molar-refractivity contribution in [2.24, 2.45) is 0 Å². The van der Waals surface area contributed by atoms with Crippen molar-refractivity contribution in [2.45, 2.75) is 6.42 Å². The highest BCUT2D eigenvalue weighted by atomic mass is 16.6. The molecule has 0 fully saturated rings. The minimum absolute atomic E-state index is 0.0161. The summed E-state index contributed by atoms with van der Waals surface area (Å²) in [6.07, 6.45) is 0.580. The molecule has 33 heavy (non-hydrogen) atoms. The second-order valence-electron chi connectivity index (χ2n) is 8.14. The van der Waals surface area contributed by atoms with Crippen LogP contribution in [0.5, 0.6) is 0 Å². The van der Waals surface area contributed by atoms with Gasteiger partial charge in [-0.1, -0.05) is 36.4 Å².